The number of phenolic OH excluding ortho intramolecular Hbond substituents is 1. The van der Waals surface area contributed by atoms with Crippen LogP contribution in [0.4, 0.5) is 42.1 Å². The number of benzene rings is 3. The molecule has 0 saturated carbocycles. The second-order valence-electron chi connectivity index (χ2n) is 11.0. The number of ether oxygens (including phenoxy) is 2. The van der Waals surface area contributed by atoms with Crippen LogP contribution in [0.1, 0.15) is 43.0 Å². The maximum Gasteiger partial charge on any atom is 0.573 e. The topological polar surface area (TPSA) is 71.0 Å². The molecule has 2 aliphatic heterocycles. The molecule has 13 heteroatoms. The number of halogens is 7. The lowest BCUT2D eigenvalue weighted by molar-refractivity contribution is -0.274. The minimum atomic E-state index is -5.06. The zero-order valence-corrected chi connectivity index (χ0v) is 22.7. The van der Waals surface area contributed by atoms with Gasteiger partial charge < -0.3 is 19.9 Å². The molecule has 3 aromatic rings. The maximum absolute atomic E-state index is 15.6. The molecule has 0 saturated heterocycles. The molecule has 0 aliphatic carbocycles. The Bertz CT molecular complexity index is 1600. The number of carbonyl (C=O) groups excluding carboxylic acids is 1. The van der Waals surface area contributed by atoms with Crippen molar-refractivity contribution in [3.8, 4) is 11.5 Å². The van der Waals surface area contributed by atoms with E-state index in [1.165, 1.54) is 36.4 Å². The highest BCUT2D eigenvalue weighted by Crippen LogP contribution is 2.50. The molecule has 2 N–H and O–H groups in total. The monoisotopic (exact) mass is 610 g/mol. The number of nitrogens with one attached hydrogen (secondary N) is 1. The summed E-state index contributed by atoms with van der Waals surface area (Å²) < 4.78 is 105. The molecule has 0 fully saturated rings. The molecule has 2 aliphatic rings. The van der Waals surface area contributed by atoms with Crippen molar-refractivity contribution < 1.29 is 50.1 Å². The van der Waals surface area contributed by atoms with E-state index in [9.17, 15) is 36.2 Å². The van der Waals surface area contributed by atoms with Crippen molar-refractivity contribution in [2.45, 2.75) is 45.3 Å². The van der Waals surface area contributed by atoms with Crippen LogP contribution in [0.5, 0.6) is 11.5 Å². The molecule has 0 bridgehead atoms. The number of para-hydroxylation sites is 2. The fraction of sp³-hybridized carbons (Fsp3) is 0.300. The Morgan fingerprint density at radius 3 is 2.47 bits per heavy atom. The first-order valence-corrected chi connectivity index (χ1v) is 13.0. The SMILES string of the molecule is CC1(C)COC2=C(C1)Nc1c(O)cccc1N(C(=O)Cc1ccccc1OC(F)(F)F)C2c1ccc(C(F)(F)F)cc1F. The van der Waals surface area contributed by atoms with Gasteiger partial charge in [-0.25, -0.2) is 4.39 Å². The summed E-state index contributed by atoms with van der Waals surface area (Å²) in [5, 5.41) is 13.9. The highest BCUT2D eigenvalue weighted by molar-refractivity contribution is 6.01. The minimum absolute atomic E-state index is 0.000625. The summed E-state index contributed by atoms with van der Waals surface area (Å²) in [5.74, 6) is -3.09. The van der Waals surface area contributed by atoms with Gasteiger partial charge in [-0.05, 0) is 36.8 Å². The van der Waals surface area contributed by atoms with Crippen molar-refractivity contribution in [3.63, 3.8) is 0 Å². The van der Waals surface area contributed by atoms with E-state index in [-0.39, 0.29) is 40.6 Å². The number of amides is 1. The summed E-state index contributed by atoms with van der Waals surface area (Å²) in [6.45, 7) is 3.85. The molecule has 1 unspecified atom stereocenters. The van der Waals surface area contributed by atoms with Crippen molar-refractivity contribution in [3.05, 3.63) is 94.6 Å². The third-order valence-electron chi connectivity index (χ3n) is 7.06. The van der Waals surface area contributed by atoms with Gasteiger partial charge in [0.1, 0.15) is 34.8 Å². The quantitative estimate of drug-likeness (QED) is 0.233. The highest BCUT2D eigenvalue weighted by Gasteiger charge is 2.43. The third kappa shape index (κ3) is 6.20. The Morgan fingerprint density at radius 1 is 1.07 bits per heavy atom. The number of anilines is 2. The standard InChI is InChI=1S/C30H25F7N2O4/c1-28(2)14-20-27(42-15-28)26(18-11-10-17(13-19(18)31)29(32,33)34)39(21-7-5-8-22(40)25(21)38-20)24(41)12-16-6-3-4-9-23(16)43-30(35,36)37/h3-11,13,26,38,40H,12,14-15H2,1-2H3. The van der Waals surface area contributed by atoms with E-state index in [2.05, 4.69) is 10.1 Å². The predicted molar refractivity (Wildman–Crippen MR) is 142 cm³/mol. The van der Waals surface area contributed by atoms with E-state index in [1.807, 2.05) is 13.8 Å². The summed E-state index contributed by atoms with van der Waals surface area (Å²) in [6.07, 6.45) is -10.3. The van der Waals surface area contributed by atoms with Crippen LogP contribution in [0.15, 0.2) is 72.1 Å². The Kier molecular flexibility index (Phi) is 7.47. The van der Waals surface area contributed by atoms with Crippen LogP contribution < -0.4 is 15.0 Å². The van der Waals surface area contributed by atoms with Crippen molar-refractivity contribution in [2.24, 2.45) is 5.41 Å². The average molecular weight is 611 g/mol. The van der Waals surface area contributed by atoms with Gasteiger partial charge >= 0.3 is 12.5 Å². The van der Waals surface area contributed by atoms with E-state index in [0.29, 0.717) is 24.3 Å². The number of rotatable bonds is 4. The molecule has 5 rings (SSSR count). The number of nitrogens with zero attached hydrogens (tertiary/aromatic N) is 1. The van der Waals surface area contributed by atoms with Crippen molar-refractivity contribution in [1.82, 2.24) is 0 Å². The van der Waals surface area contributed by atoms with Gasteiger partial charge in [0.2, 0.25) is 5.91 Å². The van der Waals surface area contributed by atoms with Gasteiger partial charge in [0.05, 0.1) is 30.0 Å². The second kappa shape index (κ2) is 10.7. The van der Waals surface area contributed by atoms with E-state index in [0.717, 1.165) is 17.0 Å². The van der Waals surface area contributed by atoms with Gasteiger partial charge in [-0.1, -0.05) is 44.2 Å². The van der Waals surface area contributed by atoms with Crippen LogP contribution >= 0.6 is 0 Å². The van der Waals surface area contributed by atoms with E-state index >= 15 is 4.39 Å². The van der Waals surface area contributed by atoms with Crippen molar-refractivity contribution >= 4 is 17.3 Å². The maximum atomic E-state index is 15.6. The van der Waals surface area contributed by atoms with Gasteiger partial charge in [-0.15, -0.1) is 13.2 Å². The zero-order valence-electron chi connectivity index (χ0n) is 22.7. The third-order valence-corrected chi connectivity index (χ3v) is 7.06. The fourth-order valence-electron chi connectivity index (χ4n) is 5.20. The number of hydrogen-bond acceptors (Lipinski definition) is 5. The Balaban J connectivity index is 1.71. The zero-order chi connectivity index (χ0) is 31.3. The van der Waals surface area contributed by atoms with Gasteiger partial charge in [0, 0.05) is 16.5 Å². The Labute approximate surface area is 241 Å². The highest BCUT2D eigenvalue weighted by atomic mass is 19.4. The normalized spacial score (nSPS) is 18.2. The largest absolute Gasteiger partial charge is 0.573 e. The molecule has 1 atom stereocenters. The Hall–Kier alpha value is -4.42. The molecule has 3 aromatic carbocycles. The number of aromatic hydroxyl groups is 1. The lowest BCUT2D eigenvalue weighted by Crippen LogP contribution is -2.39. The lowest BCUT2D eigenvalue weighted by Gasteiger charge is -2.38. The van der Waals surface area contributed by atoms with Crippen LogP contribution in [0.25, 0.3) is 0 Å². The van der Waals surface area contributed by atoms with Crippen molar-refractivity contribution in [1.29, 1.82) is 0 Å². The van der Waals surface area contributed by atoms with Crippen LogP contribution in [-0.4, -0.2) is 24.0 Å². The summed E-state index contributed by atoms with van der Waals surface area (Å²) in [5.41, 5.74) is -1.86. The van der Waals surface area contributed by atoms with E-state index in [1.54, 1.807) is 0 Å². The predicted octanol–water partition coefficient (Wildman–Crippen LogP) is 7.85. The van der Waals surface area contributed by atoms with Gasteiger partial charge in [-0.2, -0.15) is 13.2 Å². The number of alkyl halides is 6. The first-order chi connectivity index (χ1) is 20.0. The number of carbonyl (C=O) groups is 1. The first-order valence-electron chi connectivity index (χ1n) is 13.0. The second-order valence-corrected chi connectivity index (χ2v) is 11.0. The molecule has 0 spiro atoms. The van der Waals surface area contributed by atoms with Crippen LogP contribution in [0.2, 0.25) is 0 Å². The van der Waals surface area contributed by atoms with Crippen molar-refractivity contribution in [2.75, 3.05) is 16.8 Å². The molecule has 228 valence electrons. The molecule has 43 heavy (non-hydrogen) atoms. The smallest absolute Gasteiger partial charge is 0.506 e. The molecular formula is C30H25F7N2O4. The molecule has 0 aromatic heterocycles. The summed E-state index contributed by atoms with van der Waals surface area (Å²) in [6, 6.07) is 9.47. The van der Waals surface area contributed by atoms with Crippen LogP contribution in [-0.2, 0) is 22.1 Å². The van der Waals surface area contributed by atoms with Gasteiger partial charge in [0.25, 0.3) is 0 Å². The Morgan fingerprint density at radius 2 is 1.79 bits per heavy atom. The number of hydrogen-bond donors (Lipinski definition) is 2. The fourth-order valence-corrected chi connectivity index (χ4v) is 5.20. The molecule has 1 amide bonds. The number of phenols is 1. The van der Waals surface area contributed by atoms with E-state index in [4.69, 9.17) is 4.74 Å². The number of allylic oxidation sites excluding steroid dienone is 1. The molecule has 0 radical (unpaired) electrons. The molecule has 6 nitrogen and oxygen atoms in total. The van der Waals surface area contributed by atoms with Gasteiger partial charge in [-0.3, -0.25) is 9.69 Å². The lowest BCUT2D eigenvalue weighted by atomic mass is 9.85. The minimum Gasteiger partial charge on any atom is -0.506 e. The van der Waals surface area contributed by atoms with Crippen LogP contribution in [0.3, 0.4) is 0 Å². The van der Waals surface area contributed by atoms with Crippen LogP contribution in [0, 0.1) is 11.2 Å². The first kappa shape index (κ1) is 30.1. The van der Waals surface area contributed by atoms with Gasteiger partial charge in [0.15, 0.2) is 0 Å². The molecule has 2 heterocycles. The summed E-state index contributed by atoms with van der Waals surface area (Å²) in [7, 11) is 0. The number of fused-ring (bicyclic) bond motifs is 1. The molecular weight excluding hydrogens is 585 g/mol. The average Bonchev–Trinajstić information content (AvgIpc) is 3.02. The van der Waals surface area contributed by atoms with E-state index < -0.39 is 53.5 Å². The summed E-state index contributed by atoms with van der Waals surface area (Å²) >= 11 is 0. The summed E-state index contributed by atoms with van der Waals surface area (Å²) in [4.78, 5) is 15.1.